The third-order valence-electron chi connectivity index (χ3n) is 3.09. The summed E-state index contributed by atoms with van der Waals surface area (Å²) in [6.45, 7) is 2.32. The fraction of sp³-hybridized carbons (Fsp3) is 0.357. The van der Waals surface area contributed by atoms with E-state index in [-0.39, 0.29) is 0 Å². The van der Waals surface area contributed by atoms with Crippen LogP contribution in [0, 0.1) is 6.92 Å². The Hall–Kier alpha value is -2.01. The highest BCUT2D eigenvalue weighted by Crippen LogP contribution is 2.30. The summed E-state index contributed by atoms with van der Waals surface area (Å²) in [6.07, 6.45) is 2.87. The molecule has 0 bridgehead atoms. The second-order valence-electron chi connectivity index (χ2n) is 4.25. The molecule has 0 saturated heterocycles. The van der Waals surface area contributed by atoms with Crippen molar-refractivity contribution in [3.8, 4) is 11.5 Å². The Morgan fingerprint density at radius 3 is 2.68 bits per heavy atom. The lowest BCUT2D eigenvalue weighted by atomic mass is 10.1. The zero-order valence-electron chi connectivity index (χ0n) is 11.3. The maximum absolute atomic E-state index is 10.4. The molecule has 0 aliphatic carbocycles. The zero-order valence-corrected chi connectivity index (χ0v) is 11.3. The van der Waals surface area contributed by atoms with Gasteiger partial charge in [-0.05, 0) is 25.1 Å². The summed E-state index contributed by atoms with van der Waals surface area (Å²) in [5.41, 5.74) is 0.704. The molecular formula is C14H18N2O3. The quantitative estimate of drug-likeness (QED) is 0.894. The van der Waals surface area contributed by atoms with Gasteiger partial charge in [-0.25, -0.2) is 4.98 Å². The fourth-order valence-corrected chi connectivity index (χ4v) is 1.98. The first-order valence-corrected chi connectivity index (χ1v) is 6.03. The Morgan fingerprint density at radius 1 is 1.32 bits per heavy atom. The molecule has 1 atom stereocenters. The molecule has 102 valence electrons. The van der Waals surface area contributed by atoms with Crippen LogP contribution in [0.15, 0.2) is 30.6 Å². The first kappa shape index (κ1) is 13.4. The van der Waals surface area contributed by atoms with E-state index in [2.05, 4.69) is 4.98 Å². The third kappa shape index (κ3) is 2.88. The molecule has 0 saturated carbocycles. The lowest BCUT2D eigenvalue weighted by molar-refractivity contribution is 0.151. The predicted molar refractivity (Wildman–Crippen MR) is 71.5 cm³/mol. The fourth-order valence-electron chi connectivity index (χ4n) is 1.98. The number of hydrogen-bond acceptors (Lipinski definition) is 4. The van der Waals surface area contributed by atoms with Crippen molar-refractivity contribution < 1.29 is 14.6 Å². The van der Waals surface area contributed by atoms with Crippen molar-refractivity contribution in [1.29, 1.82) is 0 Å². The average Bonchev–Trinajstić information content (AvgIpc) is 2.83. The lowest BCUT2D eigenvalue weighted by Crippen LogP contribution is -2.10. The first-order chi connectivity index (χ1) is 9.15. The Kier molecular flexibility index (Phi) is 4.06. The molecule has 1 aromatic heterocycles. The first-order valence-electron chi connectivity index (χ1n) is 6.03. The highest BCUT2D eigenvalue weighted by molar-refractivity contribution is 5.41. The van der Waals surface area contributed by atoms with Crippen molar-refractivity contribution in [2.75, 3.05) is 14.2 Å². The van der Waals surface area contributed by atoms with Crippen LogP contribution >= 0.6 is 0 Å². The van der Waals surface area contributed by atoms with E-state index in [0.717, 1.165) is 5.82 Å². The van der Waals surface area contributed by atoms with E-state index in [4.69, 9.17) is 9.47 Å². The van der Waals surface area contributed by atoms with Crippen molar-refractivity contribution >= 4 is 0 Å². The minimum Gasteiger partial charge on any atom is -0.497 e. The minimum atomic E-state index is -0.682. The maximum atomic E-state index is 10.4. The van der Waals surface area contributed by atoms with Gasteiger partial charge in [0.15, 0.2) is 0 Å². The summed E-state index contributed by atoms with van der Waals surface area (Å²) in [7, 11) is 3.18. The van der Waals surface area contributed by atoms with Crippen molar-refractivity contribution in [3.63, 3.8) is 0 Å². The molecule has 0 fully saturated rings. The van der Waals surface area contributed by atoms with Gasteiger partial charge in [-0.3, -0.25) is 0 Å². The minimum absolute atomic E-state index is 0.426. The van der Waals surface area contributed by atoms with E-state index in [0.29, 0.717) is 23.6 Å². The summed E-state index contributed by atoms with van der Waals surface area (Å²) < 4.78 is 12.3. The molecule has 5 heteroatoms. The van der Waals surface area contributed by atoms with E-state index in [1.165, 1.54) is 0 Å². The molecule has 0 radical (unpaired) electrons. The average molecular weight is 262 g/mol. The number of benzene rings is 1. The number of aromatic nitrogens is 2. The number of aliphatic hydroxyl groups is 1. The van der Waals surface area contributed by atoms with Crippen LogP contribution in [0.3, 0.4) is 0 Å². The highest BCUT2D eigenvalue weighted by atomic mass is 16.5. The molecule has 1 N–H and O–H groups in total. The summed E-state index contributed by atoms with van der Waals surface area (Å²) in [4.78, 5) is 4.14. The van der Waals surface area contributed by atoms with Gasteiger partial charge in [-0.2, -0.15) is 0 Å². The Bertz CT molecular complexity index is 551. The molecule has 5 nitrogen and oxygen atoms in total. The number of aliphatic hydroxyl groups excluding tert-OH is 1. The van der Waals surface area contributed by atoms with E-state index >= 15 is 0 Å². The van der Waals surface area contributed by atoms with Crippen molar-refractivity contribution in [2.24, 2.45) is 0 Å². The Labute approximate surface area is 112 Å². The molecule has 0 amide bonds. The molecule has 0 spiro atoms. The monoisotopic (exact) mass is 262 g/mol. The summed E-state index contributed by atoms with van der Waals surface area (Å²) in [5, 5.41) is 10.4. The summed E-state index contributed by atoms with van der Waals surface area (Å²) in [5.74, 6) is 2.20. The topological polar surface area (TPSA) is 56.5 Å². The van der Waals surface area contributed by atoms with E-state index in [9.17, 15) is 5.11 Å². The predicted octanol–water partition coefficient (Wildman–Crippen LogP) is 1.94. The van der Waals surface area contributed by atoms with Gasteiger partial charge in [0.05, 0.1) is 20.8 Å². The van der Waals surface area contributed by atoms with E-state index in [1.807, 2.05) is 17.7 Å². The summed E-state index contributed by atoms with van der Waals surface area (Å²) >= 11 is 0. The highest BCUT2D eigenvalue weighted by Gasteiger charge is 2.15. The second kappa shape index (κ2) is 5.75. The SMILES string of the molecule is COc1ccc(OC)c(C(O)Cn2ccnc2C)c1. The Balaban J connectivity index is 2.26. The van der Waals surface area contributed by atoms with Gasteiger partial charge in [0.2, 0.25) is 0 Å². The number of methoxy groups -OCH3 is 2. The normalized spacial score (nSPS) is 12.2. The van der Waals surface area contributed by atoms with Crippen LogP contribution in [0.25, 0.3) is 0 Å². The van der Waals surface area contributed by atoms with Crippen molar-refractivity contribution in [1.82, 2.24) is 9.55 Å². The molecule has 1 unspecified atom stereocenters. The largest absolute Gasteiger partial charge is 0.497 e. The van der Waals surface area contributed by atoms with Crippen LogP contribution in [0.4, 0.5) is 0 Å². The zero-order chi connectivity index (χ0) is 13.8. The lowest BCUT2D eigenvalue weighted by Gasteiger charge is -2.17. The van der Waals surface area contributed by atoms with Crippen LogP contribution in [0.1, 0.15) is 17.5 Å². The molecule has 0 aliphatic rings. The second-order valence-corrected chi connectivity index (χ2v) is 4.25. The molecular weight excluding hydrogens is 244 g/mol. The van der Waals surface area contributed by atoms with Crippen LogP contribution in [-0.4, -0.2) is 28.9 Å². The van der Waals surface area contributed by atoms with E-state index in [1.54, 1.807) is 38.6 Å². The molecule has 1 aromatic carbocycles. The molecule has 1 heterocycles. The van der Waals surface area contributed by atoms with Gasteiger partial charge in [0, 0.05) is 18.0 Å². The number of ether oxygens (including phenoxy) is 2. The number of imidazole rings is 1. The van der Waals surface area contributed by atoms with Crippen LogP contribution in [0.2, 0.25) is 0 Å². The molecule has 2 aromatic rings. The maximum Gasteiger partial charge on any atom is 0.124 e. The van der Waals surface area contributed by atoms with Crippen LogP contribution < -0.4 is 9.47 Å². The molecule has 2 rings (SSSR count). The molecule has 19 heavy (non-hydrogen) atoms. The van der Waals surface area contributed by atoms with E-state index < -0.39 is 6.10 Å². The van der Waals surface area contributed by atoms with Gasteiger partial charge in [0.25, 0.3) is 0 Å². The number of hydrogen-bond donors (Lipinski definition) is 1. The number of nitrogens with zero attached hydrogens (tertiary/aromatic N) is 2. The number of rotatable bonds is 5. The van der Waals surface area contributed by atoms with Crippen LogP contribution in [-0.2, 0) is 6.54 Å². The van der Waals surface area contributed by atoms with Gasteiger partial charge in [0.1, 0.15) is 23.4 Å². The Morgan fingerprint density at radius 2 is 2.11 bits per heavy atom. The van der Waals surface area contributed by atoms with Gasteiger partial charge in [-0.1, -0.05) is 0 Å². The third-order valence-corrected chi connectivity index (χ3v) is 3.09. The number of aryl methyl sites for hydroxylation is 1. The van der Waals surface area contributed by atoms with Crippen LogP contribution in [0.5, 0.6) is 11.5 Å². The summed E-state index contributed by atoms with van der Waals surface area (Å²) in [6, 6.07) is 5.38. The van der Waals surface area contributed by atoms with Crippen molar-refractivity contribution in [3.05, 3.63) is 42.0 Å². The van der Waals surface area contributed by atoms with Gasteiger partial charge in [-0.15, -0.1) is 0 Å². The van der Waals surface area contributed by atoms with Gasteiger partial charge < -0.3 is 19.1 Å². The standard InChI is InChI=1S/C14H18N2O3/c1-10-15-6-7-16(10)9-13(17)12-8-11(18-2)4-5-14(12)19-3/h4-8,13,17H,9H2,1-3H3. The van der Waals surface area contributed by atoms with Crippen molar-refractivity contribution in [2.45, 2.75) is 19.6 Å². The molecule has 0 aliphatic heterocycles. The smallest absolute Gasteiger partial charge is 0.124 e. The van der Waals surface area contributed by atoms with Gasteiger partial charge >= 0.3 is 0 Å².